The van der Waals surface area contributed by atoms with Gasteiger partial charge in [-0.05, 0) is 63.3 Å². The third-order valence-electron chi connectivity index (χ3n) is 12.5. The molecule has 0 saturated carbocycles. The predicted octanol–water partition coefficient (Wildman–Crippen LogP) is 10.8. The van der Waals surface area contributed by atoms with E-state index in [4.69, 9.17) is 29.2 Å². The second-order valence-electron chi connectivity index (χ2n) is 15.9. The fourth-order valence-electron chi connectivity index (χ4n) is 9.64. The van der Waals surface area contributed by atoms with Crippen LogP contribution in [-0.4, -0.2) is 40.4 Å². The van der Waals surface area contributed by atoms with Crippen molar-refractivity contribution in [2.75, 3.05) is 14.2 Å². The van der Waals surface area contributed by atoms with Crippen molar-refractivity contribution in [1.82, 2.24) is 15.0 Å². The standard InChI is InChI=1S/C51H43N3O4/c1-50(2)41-18-12-11-17-37(41)44-39-29-42(55)43(57-4)30-40(39)46-38(45(44)50)27-28-51(58-46,35-23-25-36(56-3)26-24-35)34-21-19-33(20-22-34)49-53-47(31-13-7-5-8-14-31)52-48(54-49)32-15-9-6-10-16-32/h5-29,38,40,46,55H,30H2,1-4H3. The van der Waals surface area contributed by atoms with Gasteiger partial charge >= 0.3 is 0 Å². The first kappa shape index (κ1) is 35.8. The van der Waals surface area contributed by atoms with Crippen LogP contribution in [0.25, 0.3) is 39.7 Å². The molecule has 58 heavy (non-hydrogen) atoms. The van der Waals surface area contributed by atoms with Crippen LogP contribution in [0.3, 0.4) is 0 Å². The summed E-state index contributed by atoms with van der Waals surface area (Å²) in [5.74, 6) is 3.24. The number of fused-ring (bicyclic) bond motifs is 7. The highest BCUT2D eigenvalue weighted by Gasteiger charge is 2.55. The second kappa shape index (κ2) is 13.8. The fourth-order valence-corrected chi connectivity index (χ4v) is 9.64. The molecule has 4 aliphatic rings. The van der Waals surface area contributed by atoms with Crippen molar-refractivity contribution in [2.45, 2.75) is 37.4 Å². The summed E-state index contributed by atoms with van der Waals surface area (Å²) in [6, 6.07) is 45.3. The van der Waals surface area contributed by atoms with E-state index in [1.165, 1.54) is 22.3 Å². The molecule has 4 unspecified atom stereocenters. The molecule has 0 amide bonds. The van der Waals surface area contributed by atoms with Gasteiger partial charge in [-0.2, -0.15) is 0 Å². The number of rotatable bonds is 7. The van der Waals surface area contributed by atoms with E-state index < -0.39 is 5.60 Å². The third-order valence-corrected chi connectivity index (χ3v) is 12.5. The van der Waals surface area contributed by atoms with Crippen molar-refractivity contribution in [3.05, 3.63) is 197 Å². The molecule has 286 valence electrons. The highest BCUT2D eigenvalue weighted by molar-refractivity contribution is 5.92. The Hall–Kier alpha value is -6.57. The molecular weight excluding hydrogens is 719 g/mol. The minimum Gasteiger partial charge on any atom is -0.504 e. The molecule has 1 aromatic heterocycles. The third kappa shape index (κ3) is 5.64. The SMILES string of the molecule is COC1=C(O)C=C2C3=C(C4C=CC(c5ccc(OC)cc5)(c5ccc(-c6nc(-c7ccccc7)nc(-c7ccccc7)n6)cc5)OC4C2C1)C(C)(C)c1ccccc13. The van der Waals surface area contributed by atoms with E-state index >= 15 is 0 Å². The average Bonchev–Trinajstić information content (AvgIpc) is 3.53. The average molecular weight is 762 g/mol. The number of aliphatic hydroxyl groups excluding tert-OH is 1. The van der Waals surface area contributed by atoms with Crippen LogP contribution in [0.2, 0.25) is 0 Å². The van der Waals surface area contributed by atoms with E-state index in [-0.39, 0.29) is 29.1 Å². The van der Waals surface area contributed by atoms with Gasteiger partial charge in [-0.25, -0.2) is 15.0 Å². The minimum atomic E-state index is -0.954. The predicted molar refractivity (Wildman–Crippen MR) is 227 cm³/mol. The summed E-state index contributed by atoms with van der Waals surface area (Å²) in [6.07, 6.45) is 6.80. The lowest BCUT2D eigenvalue weighted by atomic mass is 9.63. The molecule has 6 aromatic rings. The Labute approximate surface area is 338 Å². The quantitative estimate of drug-likeness (QED) is 0.162. The molecular formula is C51H43N3O4. The highest BCUT2D eigenvalue weighted by Crippen LogP contribution is 2.62. The molecule has 2 heterocycles. The van der Waals surface area contributed by atoms with Crippen molar-refractivity contribution in [3.63, 3.8) is 0 Å². The molecule has 0 saturated heterocycles. The number of allylic oxidation sites excluding steroid dienone is 3. The molecule has 0 spiro atoms. The number of ether oxygens (including phenoxy) is 3. The van der Waals surface area contributed by atoms with E-state index in [0.717, 1.165) is 39.1 Å². The summed E-state index contributed by atoms with van der Waals surface area (Å²) in [5.41, 5.74) is 9.62. The van der Waals surface area contributed by atoms with Gasteiger partial charge in [0.05, 0.1) is 20.3 Å². The molecule has 7 nitrogen and oxygen atoms in total. The summed E-state index contributed by atoms with van der Waals surface area (Å²) in [5, 5.41) is 11.3. The maximum atomic E-state index is 11.3. The molecule has 7 heteroatoms. The molecule has 4 atom stereocenters. The summed E-state index contributed by atoms with van der Waals surface area (Å²) >= 11 is 0. The Morgan fingerprint density at radius 2 is 1.21 bits per heavy atom. The fraction of sp³-hybridized carbons (Fsp3) is 0.196. The number of methoxy groups -OCH3 is 2. The first-order valence-electron chi connectivity index (χ1n) is 19.8. The van der Waals surface area contributed by atoms with E-state index in [1.807, 2.05) is 78.9 Å². The zero-order valence-corrected chi connectivity index (χ0v) is 32.9. The van der Waals surface area contributed by atoms with Gasteiger partial charge in [-0.15, -0.1) is 0 Å². The van der Waals surface area contributed by atoms with Crippen molar-refractivity contribution in [2.24, 2.45) is 11.8 Å². The molecule has 3 aliphatic carbocycles. The van der Waals surface area contributed by atoms with E-state index in [0.29, 0.717) is 29.7 Å². The number of aromatic nitrogens is 3. The normalized spacial score (nSPS) is 22.7. The Morgan fingerprint density at radius 1 is 0.655 bits per heavy atom. The number of nitrogens with zero attached hydrogens (tertiary/aromatic N) is 3. The zero-order chi connectivity index (χ0) is 39.6. The van der Waals surface area contributed by atoms with E-state index in [2.05, 4.69) is 86.7 Å². The Kier molecular flexibility index (Phi) is 8.53. The Bertz CT molecular complexity index is 2620. The van der Waals surface area contributed by atoms with Crippen molar-refractivity contribution in [3.8, 4) is 39.9 Å². The van der Waals surface area contributed by atoms with Gasteiger partial charge in [0.2, 0.25) is 0 Å². The molecule has 1 N–H and O–H groups in total. The Balaban J connectivity index is 1.12. The topological polar surface area (TPSA) is 86.6 Å². The van der Waals surface area contributed by atoms with Crippen LogP contribution in [0, 0.1) is 11.8 Å². The van der Waals surface area contributed by atoms with Crippen LogP contribution < -0.4 is 4.74 Å². The maximum Gasteiger partial charge on any atom is 0.164 e. The lowest BCUT2D eigenvalue weighted by molar-refractivity contribution is -0.0915. The van der Waals surface area contributed by atoms with Crippen molar-refractivity contribution in [1.29, 1.82) is 0 Å². The summed E-state index contributed by atoms with van der Waals surface area (Å²) < 4.78 is 19.1. The maximum absolute atomic E-state index is 11.3. The van der Waals surface area contributed by atoms with Crippen LogP contribution in [0.15, 0.2) is 174 Å². The van der Waals surface area contributed by atoms with Crippen LogP contribution in [0.4, 0.5) is 0 Å². The van der Waals surface area contributed by atoms with Gasteiger partial charge < -0.3 is 19.3 Å². The van der Waals surface area contributed by atoms with Gasteiger partial charge in [0.15, 0.2) is 23.2 Å². The summed E-state index contributed by atoms with van der Waals surface area (Å²) in [4.78, 5) is 14.9. The largest absolute Gasteiger partial charge is 0.504 e. The Morgan fingerprint density at radius 3 is 1.79 bits per heavy atom. The van der Waals surface area contributed by atoms with Gasteiger partial charge in [0.25, 0.3) is 0 Å². The molecule has 0 bridgehead atoms. The van der Waals surface area contributed by atoms with Crippen molar-refractivity contribution >= 4 is 5.57 Å². The molecule has 0 fully saturated rings. The molecule has 1 aliphatic heterocycles. The lowest BCUT2D eigenvalue weighted by Crippen LogP contribution is -2.49. The summed E-state index contributed by atoms with van der Waals surface area (Å²) in [7, 11) is 3.31. The second-order valence-corrected chi connectivity index (χ2v) is 15.9. The first-order valence-corrected chi connectivity index (χ1v) is 19.8. The van der Waals surface area contributed by atoms with Crippen molar-refractivity contribution < 1.29 is 19.3 Å². The van der Waals surface area contributed by atoms with Crippen LogP contribution in [0.5, 0.6) is 5.75 Å². The summed E-state index contributed by atoms with van der Waals surface area (Å²) in [6.45, 7) is 4.63. The lowest BCUT2D eigenvalue weighted by Gasteiger charge is -2.50. The van der Waals surface area contributed by atoms with Gasteiger partial charge in [0, 0.05) is 40.4 Å². The van der Waals surface area contributed by atoms with Crippen LogP contribution in [-0.2, 0) is 20.5 Å². The van der Waals surface area contributed by atoms with Gasteiger partial charge in [-0.1, -0.05) is 141 Å². The van der Waals surface area contributed by atoms with E-state index in [1.54, 1.807) is 14.2 Å². The van der Waals surface area contributed by atoms with E-state index in [9.17, 15) is 5.11 Å². The number of hydrogen-bond acceptors (Lipinski definition) is 7. The molecule has 10 rings (SSSR count). The molecule has 5 aromatic carbocycles. The first-order chi connectivity index (χ1) is 28.3. The monoisotopic (exact) mass is 761 g/mol. The van der Waals surface area contributed by atoms with Gasteiger partial charge in [-0.3, -0.25) is 0 Å². The number of hydrogen-bond donors (Lipinski definition) is 1. The number of benzene rings is 5. The van der Waals surface area contributed by atoms with Crippen LogP contribution >= 0.6 is 0 Å². The van der Waals surface area contributed by atoms with Crippen LogP contribution in [0.1, 0.15) is 42.5 Å². The smallest absolute Gasteiger partial charge is 0.164 e. The van der Waals surface area contributed by atoms with Gasteiger partial charge in [0.1, 0.15) is 17.1 Å². The highest BCUT2D eigenvalue weighted by atomic mass is 16.5. The number of aliphatic hydroxyl groups is 1. The zero-order valence-electron chi connectivity index (χ0n) is 32.9. The molecule has 0 radical (unpaired) electrons. The minimum absolute atomic E-state index is 0.0124.